The van der Waals surface area contributed by atoms with Crippen LogP contribution in [0, 0.1) is 0 Å². The largest absolute Gasteiger partial charge is 0.489 e. The number of aromatic amines is 1. The Kier molecular flexibility index (Phi) is 6.18. The van der Waals surface area contributed by atoms with Crippen LogP contribution in [-0.2, 0) is 17.8 Å². The number of H-pyrrole nitrogens is 1. The summed E-state index contributed by atoms with van der Waals surface area (Å²) in [6, 6.07) is 9.39. The van der Waals surface area contributed by atoms with Crippen molar-refractivity contribution < 1.29 is 24.2 Å². The number of urea groups is 1. The number of amides is 2. The summed E-state index contributed by atoms with van der Waals surface area (Å²) in [5, 5.41) is 16.1. The summed E-state index contributed by atoms with van der Waals surface area (Å²) in [6.07, 6.45) is 2.68. The van der Waals surface area contributed by atoms with Gasteiger partial charge in [-0.2, -0.15) is 0 Å². The number of aromatic nitrogens is 1. The minimum Gasteiger partial charge on any atom is -0.489 e. The fourth-order valence-electron chi connectivity index (χ4n) is 3.50. The number of carbonyl (C=O) groups is 2. The molecule has 1 aliphatic heterocycles. The Morgan fingerprint density at radius 2 is 2.00 bits per heavy atom. The third kappa shape index (κ3) is 4.86. The minimum absolute atomic E-state index is 0.154. The van der Waals surface area contributed by atoms with Crippen LogP contribution in [0.1, 0.15) is 17.5 Å². The van der Waals surface area contributed by atoms with E-state index in [1.165, 1.54) is 0 Å². The maximum absolute atomic E-state index is 12.4. The van der Waals surface area contributed by atoms with Crippen LogP contribution in [-0.4, -0.2) is 41.3 Å². The summed E-state index contributed by atoms with van der Waals surface area (Å²) in [5.74, 6) is -0.0824. The normalized spacial score (nSPS) is 14.0. The standard InChI is InChI=1S/C22H22ClN3O5/c23-16-8-13(9-19-20(16)31-7-3-6-30-19)11-25-22(29)26-18(21(27)28)10-14-12-24-17-5-2-1-4-15(14)17/h1-2,4-5,8-9,12,18,24H,3,6-7,10-11H2,(H,27,28)(H2,25,26,29)/t18-/m1/s1. The molecule has 3 aromatic rings. The van der Waals surface area contributed by atoms with E-state index in [1.807, 2.05) is 24.3 Å². The first-order valence-electron chi connectivity index (χ1n) is 9.91. The lowest BCUT2D eigenvalue weighted by atomic mass is 10.1. The predicted octanol–water partition coefficient (Wildman–Crippen LogP) is 3.48. The van der Waals surface area contributed by atoms with Crippen molar-refractivity contribution in [1.29, 1.82) is 0 Å². The Morgan fingerprint density at radius 3 is 2.84 bits per heavy atom. The summed E-state index contributed by atoms with van der Waals surface area (Å²) in [7, 11) is 0. The van der Waals surface area contributed by atoms with Crippen molar-refractivity contribution in [2.75, 3.05) is 13.2 Å². The van der Waals surface area contributed by atoms with E-state index in [2.05, 4.69) is 15.6 Å². The molecule has 4 N–H and O–H groups in total. The molecular formula is C22H22ClN3O5. The number of hydrogen-bond donors (Lipinski definition) is 4. The van der Waals surface area contributed by atoms with Gasteiger partial charge in [-0.15, -0.1) is 0 Å². The average Bonchev–Trinajstić information content (AvgIpc) is 2.99. The van der Waals surface area contributed by atoms with Crippen molar-refractivity contribution >= 4 is 34.5 Å². The zero-order chi connectivity index (χ0) is 21.8. The lowest BCUT2D eigenvalue weighted by Gasteiger charge is -2.16. The zero-order valence-electron chi connectivity index (χ0n) is 16.6. The zero-order valence-corrected chi connectivity index (χ0v) is 17.4. The highest BCUT2D eigenvalue weighted by molar-refractivity contribution is 6.32. The van der Waals surface area contributed by atoms with Gasteiger partial charge < -0.3 is 30.2 Å². The second-order valence-electron chi connectivity index (χ2n) is 7.24. The molecule has 162 valence electrons. The van der Waals surface area contributed by atoms with Crippen LogP contribution in [0.5, 0.6) is 11.5 Å². The first-order chi connectivity index (χ1) is 15.0. The summed E-state index contributed by atoms with van der Waals surface area (Å²) in [6.45, 7) is 1.20. The van der Waals surface area contributed by atoms with Gasteiger partial charge in [-0.3, -0.25) is 0 Å². The number of fused-ring (bicyclic) bond motifs is 2. The molecule has 1 atom stereocenters. The van der Waals surface area contributed by atoms with Gasteiger partial charge in [0, 0.05) is 36.5 Å². The van der Waals surface area contributed by atoms with Gasteiger partial charge in [0.05, 0.1) is 18.2 Å². The van der Waals surface area contributed by atoms with Crippen LogP contribution >= 0.6 is 11.6 Å². The quantitative estimate of drug-likeness (QED) is 0.466. The summed E-state index contributed by atoms with van der Waals surface area (Å²) < 4.78 is 11.2. The predicted molar refractivity (Wildman–Crippen MR) is 116 cm³/mol. The molecule has 2 aromatic carbocycles. The highest BCUT2D eigenvalue weighted by Gasteiger charge is 2.22. The van der Waals surface area contributed by atoms with Crippen LogP contribution in [0.3, 0.4) is 0 Å². The van der Waals surface area contributed by atoms with E-state index in [1.54, 1.807) is 18.3 Å². The molecule has 2 amide bonds. The first kappa shape index (κ1) is 20.9. The van der Waals surface area contributed by atoms with Gasteiger partial charge in [-0.1, -0.05) is 29.8 Å². The van der Waals surface area contributed by atoms with Gasteiger partial charge in [-0.05, 0) is 29.3 Å². The lowest BCUT2D eigenvalue weighted by molar-refractivity contribution is -0.139. The molecule has 0 spiro atoms. The molecule has 0 saturated carbocycles. The van der Waals surface area contributed by atoms with Crippen molar-refractivity contribution in [3.05, 3.63) is 58.7 Å². The van der Waals surface area contributed by atoms with Crippen molar-refractivity contribution in [2.24, 2.45) is 0 Å². The Bertz CT molecular complexity index is 1110. The third-order valence-corrected chi connectivity index (χ3v) is 5.30. The number of carboxylic acid groups (broad SMARTS) is 1. The molecule has 0 bridgehead atoms. The number of nitrogens with one attached hydrogen (secondary N) is 3. The number of para-hydroxylation sites is 1. The number of halogens is 1. The molecule has 31 heavy (non-hydrogen) atoms. The number of carbonyl (C=O) groups excluding carboxylic acids is 1. The first-order valence-corrected chi connectivity index (χ1v) is 10.3. The molecule has 2 heterocycles. The van der Waals surface area contributed by atoms with E-state index in [4.69, 9.17) is 21.1 Å². The number of hydrogen-bond acceptors (Lipinski definition) is 4. The van der Waals surface area contributed by atoms with E-state index in [9.17, 15) is 14.7 Å². The number of benzene rings is 2. The minimum atomic E-state index is -1.11. The summed E-state index contributed by atoms with van der Waals surface area (Å²) >= 11 is 6.27. The third-order valence-electron chi connectivity index (χ3n) is 5.02. The molecule has 0 unspecified atom stereocenters. The molecular weight excluding hydrogens is 422 g/mol. The van der Waals surface area contributed by atoms with Crippen LogP contribution in [0.15, 0.2) is 42.6 Å². The van der Waals surface area contributed by atoms with Crippen LogP contribution in [0.2, 0.25) is 5.02 Å². The second kappa shape index (κ2) is 9.18. The average molecular weight is 444 g/mol. The number of rotatable bonds is 6. The smallest absolute Gasteiger partial charge is 0.326 e. The Hall–Kier alpha value is -3.39. The fourth-order valence-corrected chi connectivity index (χ4v) is 3.79. The molecule has 1 aromatic heterocycles. The van der Waals surface area contributed by atoms with Crippen LogP contribution in [0.4, 0.5) is 4.79 Å². The van der Waals surface area contributed by atoms with Gasteiger partial charge >= 0.3 is 12.0 Å². The molecule has 0 radical (unpaired) electrons. The van der Waals surface area contributed by atoms with E-state index in [0.717, 1.165) is 22.9 Å². The Labute approximate surface area is 183 Å². The highest BCUT2D eigenvalue weighted by Crippen LogP contribution is 2.37. The van der Waals surface area contributed by atoms with E-state index >= 15 is 0 Å². The van der Waals surface area contributed by atoms with Crippen molar-refractivity contribution in [3.63, 3.8) is 0 Å². The summed E-state index contributed by atoms with van der Waals surface area (Å²) in [4.78, 5) is 27.2. The molecule has 9 heteroatoms. The molecule has 8 nitrogen and oxygen atoms in total. The fraction of sp³-hybridized carbons (Fsp3) is 0.273. The van der Waals surface area contributed by atoms with E-state index in [-0.39, 0.29) is 13.0 Å². The molecule has 0 aliphatic carbocycles. The van der Waals surface area contributed by atoms with Gasteiger partial charge in [0.1, 0.15) is 6.04 Å². The van der Waals surface area contributed by atoms with E-state index < -0.39 is 18.0 Å². The van der Waals surface area contributed by atoms with Crippen LogP contribution < -0.4 is 20.1 Å². The van der Waals surface area contributed by atoms with Gasteiger partial charge in [-0.25, -0.2) is 9.59 Å². The van der Waals surface area contributed by atoms with Gasteiger partial charge in [0.25, 0.3) is 0 Å². The topological polar surface area (TPSA) is 113 Å². The summed E-state index contributed by atoms with van der Waals surface area (Å²) in [5.41, 5.74) is 2.45. The van der Waals surface area contributed by atoms with Crippen LogP contribution in [0.25, 0.3) is 10.9 Å². The second-order valence-corrected chi connectivity index (χ2v) is 7.64. The molecule has 0 saturated heterocycles. The lowest BCUT2D eigenvalue weighted by Crippen LogP contribution is -2.46. The maximum Gasteiger partial charge on any atom is 0.326 e. The van der Waals surface area contributed by atoms with Crippen molar-refractivity contribution in [1.82, 2.24) is 15.6 Å². The van der Waals surface area contributed by atoms with Crippen molar-refractivity contribution in [3.8, 4) is 11.5 Å². The molecule has 0 fully saturated rings. The Balaban J connectivity index is 1.39. The number of ether oxygens (including phenoxy) is 2. The number of aliphatic carboxylic acids is 1. The molecule has 4 rings (SSSR count). The highest BCUT2D eigenvalue weighted by atomic mass is 35.5. The SMILES string of the molecule is O=C(NCc1cc(Cl)c2c(c1)OCCCO2)N[C@H](Cc1c[nH]c2ccccc12)C(=O)O. The van der Waals surface area contributed by atoms with Gasteiger partial charge in [0.2, 0.25) is 0 Å². The molecule has 1 aliphatic rings. The van der Waals surface area contributed by atoms with E-state index in [0.29, 0.717) is 35.3 Å². The monoisotopic (exact) mass is 443 g/mol. The Morgan fingerprint density at radius 1 is 1.19 bits per heavy atom. The van der Waals surface area contributed by atoms with Gasteiger partial charge in [0.15, 0.2) is 11.5 Å². The van der Waals surface area contributed by atoms with Crippen molar-refractivity contribution in [2.45, 2.75) is 25.4 Å². The number of carboxylic acids is 1. The maximum atomic E-state index is 12.4.